The molecule has 5 aromatic rings. The van der Waals surface area contributed by atoms with Crippen molar-refractivity contribution in [1.29, 1.82) is 0 Å². The Bertz CT molecular complexity index is 1520. The molecular weight excluding hydrogens is 446 g/mol. The van der Waals surface area contributed by atoms with Gasteiger partial charge in [0.15, 0.2) is 5.82 Å². The number of amides is 1. The lowest BCUT2D eigenvalue weighted by Gasteiger charge is -2.13. The predicted octanol–water partition coefficient (Wildman–Crippen LogP) is 7.25. The number of anilines is 5. The second-order valence-electron chi connectivity index (χ2n) is 7.84. The van der Waals surface area contributed by atoms with E-state index >= 15 is 4.39 Å². The molecule has 7 heteroatoms. The van der Waals surface area contributed by atoms with Gasteiger partial charge >= 0.3 is 0 Å². The SMILES string of the molecule is O=C(Nc1cccc(Nc2ccccc2)c1)c1cccc(Nc2ccnc3ccc(F)cc23)c1F. The number of pyridine rings is 1. The van der Waals surface area contributed by atoms with Gasteiger partial charge in [0.05, 0.1) is 16.8 Å². The lowest BCUT2D eigenvalue weighted by Crippen LogP contribution is -2.14. The minimum atomic E-state index is -0.718. The number of nitrogens with zero attached hydrogens (tertiary/aromatic N) is 1. The highest BCUT2D eigenvalue weighted by Gasteiger charge is 2.16. The minimum absolute atomic E-state index is 0.0916. The average Bonchev–Trinajstić information content (AvgIpc) is 2.86. The number of rotatable bonds is 6. The predicted molar refractivity (Wildman–Crippen MR) is 136 cm³/mol. The highest BCUT2D eigenvalue weighted by atomic mass is 19.1. The van der Waals surface area contributed by atoms with Gasteiger partial charge in [-0.2, -0.15) is 0 Å². The summed E-state index contributed by atoms with van der Waals surface area (Å²) in [5.41, 5.74) is 3.21. The van der Waals surface area contributed by atoms with Crippen molar-refractivity contribution in [3.63, 3.8) is 0 Å². The fourth-order valence-electron chi connectivity index (χ4n) is 3.74. The van der Waals surface area contributed by atoms with Gasteiger partial charge in [-0.25, -0.2) is 8.78 Å². The highest BCUT2D eigenvalue weighted by Crippen LogP contribution is 2.29. The number of nitrogens with one attached hydrogen (secondary N) is 3. The third-order valence-corrected chi connectivity index (χ3v) is 5.40. The van der Waals surface area contributed by atoms with E-state index in [1.807, 2.05) is 36.4 Å². The van der Waals surface area contributed by atoms with Crippen molar-refractivity contribution in [3.05, 3.63) is 120 Å². The molecule has 0 aliphatic rings. The summed E-state index contributed by atoms with van der Waals surface area (Å²) in [4.78, 5) is 17.1. The number of halogens is 2. The first-order valence-corrected chi connectivity index (χ1v) is 10.9. The van der Waals surface area contributed by atoms with Crippen molar-refractivity contribution in [3.8, 4) is 0 Å². The molecule has 1 amide bonds. The Morgan fingerprint density at radius 2 is 1.46 bits per heavy atom. The number of carbonyl (C=O) groups is 1. The molecule has 172 valence electrons. The molecule has 0 bridgehead atoms. The Labute approximate surface area is 200 Å². The van der Waals surface area contributed by atoms with Crippen LogP contribution in [-0.4, -0.2) is 10.9 Å². The van der Waals surface area contributed by atoms with E-state index in [4.69, 9.17) is 0 Å². The van der Waals surface area contributed by atoms with Crippen LogP contribution >= 0.6 is 0 Å². The van der Waals surface area contributed by atoms with E-state index in [-0.39, 0.29) is 11.3 Å². The number of hydrogen-bond acceptors (Lipinski definition) is 4. The van der Waals surface area contributed by atoms with E-state index in [0.717, 1.165) is 11.4 Å². The molecular formula is C28H20F2N4O. The van der Waals surface area contributed by atoms with Crippen LogP contribution in [0, 0.1) is 11.6 Å². The van der Waals surface area contributed by atoms with Crippen molar-refractivity contribution >= 4 is 45.2 Å². The summed E-state index contributed by atoms with van der Waals surface area (Å²) in [6.07, 6.45) is 1.55. The van der Waals surface area contributed by atoms with Gasteiger partial charge in [-0.05, 0) is 66.7 Å². The van der Waals surface area contributed by atoms with Gasteiger partial charge in [-0.1, -0.05) is 30.3 Å². The van der Waals surface area contributed by atoms with Gasteiger partial charge in [-0.15, -0.1) is 0 Å². The largest absolute Gasteiger partial charge is 0.355 e. The topological polar surface area (TPSA) is 66.1 Å². The fourth-order valence-corrected chi connectivity index (χ4v) is 3.74. The van der Waals surface area contributed by atoms with Crippen molar-refractivity contribution in [1.82, 2.24) is 4.98 Å². The molecule has 1 heterocycles. The molecule has 4 aromatic carbocycles. The first-order valence-electron chi connectivity index (χ1n) is 10.9. The Kier molecular flexibility index (Phi) is 6.05. The smallest absolute Gasteiger partial charge is 0.258 e. The molecule has 5 rings (SSSR count). The molecule has 0 fully saturated rings. The summed E-state index contributed by atoms with van der Waals surface area (Å²) in [5.74, 6) is -1.73. The van der Waals surface area contributed by atoms with Crippen LogP contribution in [0.5, 0.6) is 0 Å². The van der Waals surface area contributed by atoms with Crippen LogP contribution in [0.1, 0.15) is 10.4 Å². The molecule has 5 nitrogen and oxygen atoms in total. The molecule has 0 unspecified atom stereocenters. The number of fused-ring (bicyclic) bond motifs is 1. The number of hydrogen-bond donors (Lipinski definition) is 3. The lowest BCUT2D eigenvalue weighted by atomic mass is 10.1. The molecule has 0 saturated carbocycles. The van der Waals surface area contributed by atoms with E-state index in [9.17, 15) is 9.18 Å². The van der Waals surface area contributed by atoms with E-state index in [1.54, 1.807) is 42.6 Å². The zero-order valence-electron chi connectivity index (χ0n) is 18.4. The quantitative estimate of drug-likeness (QED) is 0.247. The van der Waals surface area contributed by atoms with Crippen LogP contribution in [0.3, 0.4) is 0 Å². The summed E-state index contributed by atoms with van der Waals surface area (Å²) in [7, 11) is 0. The number of aromatic nitrogens is 1. The number of para-hydroxylation sites is 1. The molecule has 3 N–H and O–H groups in total. The maximum atomic E-state index is 15.3. The van der Waals surface area contributed by atoms with Crippen LogP contribution in [0.2, 0.25) is 0 Å². The van der Waals surface area contributed by atoms with E-state index < -0.39 is 17.5 Å². The average molecular weight is 466 g/mol. The van der Waals surface area contributed by atoms with Crippen LogP contribution in [0.15, 0.2) is 103 Å². The Hall–Kier alpha value is -4.78. The first kappa shape index (κ1) is 22.0. The van der Waals surface area contributed by atoms with Crippen molar-refractivity contribution in [2.75, 3.05) is 16.0 Å². The van der Waals surface area contributed by atoms with Crippen LogP contribution in [-0.2, 0) is 0 Å². The molecule has 0 atom stereocenters. The monoisotopic (exact) mass is 466 g/mol. The van der Waals surface area contributed by atoms with Gasteiger partial charge in [0.25, 0.3) is 5.91 Å². The van der Waals surface area contributed by atoms with Gasteiger partial charge in [-0.3, -0.25) is 9.78 Å². The minimum Gasteiger partial charge on any atom is -0.355 e. The Morgan fingerprint density at radius 1 is 0.686 bits per heavy atom. The van der Waals surface area contributed by atoms with Gasteiger partial charge < -0.3 is 16.0 Å². The molecule has 0 saturated heterocycles. The summed E-state index contributed by atoms with van der Waals surface area (Å²) >= 11 is 0. The fraction of sp³-hybridized carbons (Fsp3) is 0. The van der Waals surface area contributed by atoms with E-state index in [1.165, 1.54) is 24.3 Å². The van der Waals surface area contributed by atoms with Gasteiger partial charge in [0, 0.05) is 34.3 Å². The third kappa shape index (κ3) is 4.94. The van der Waals surface area contributed by atoms with Gasteiger partial charge in [0.2, 0.25) is 0 Å². The Morgan fingerprint density at radius 3 is 2.31 bits per heavy atom. The lowest BCUT2D eigenvalue weighted by molar-refractivity contribution is 0.102. The number of benzene rings is 4. The normalized spacial score (nSPS) is 10.7. The Balaban J connectivity index is 1.37. The van der Waals surface area contributed by atoms with Crippen LogP contribution in [0.4, 0.5) is 37.2 Å². The molecule has 0 aliphatic heterocycles. The van der Waals surface area contributed by atoms with Crippen molar-refractivity contribution in [2.24, 2.45) is 0 Å². The highest BCUT2D eigenvalue weighted by molar-refractivity contribution is 6.05. The first-order chi connectivity index (χ1) is 17.1. The molecule has 0 radical (unpaired) electrons. The standard InChI is InChI=1S/C28H20F2N4O/c29-18-12-13-24-23(16-18)25(14-15-31-24)34-26-11-5-10-22(27(26)30)28(35)33-21-9-4-8-20(17-21)32-19-6-2-1-3-7-19/h1-17,32H,(H,31,34)(H,33,35). The maximum absolute atomic E-state index is 15.3. The van der Waals surface area contributed by atoms with Crippen LogP contribution < -0.4 is 16.0 Å². The van der Waals surface area contributed by atoms with E-state index in [0.29, 0.717) is 22.3 Å². The van der Waals surface area contributed by atoms with E-state index in [2.05, 4.69) is 20.9 Å². The maximum Gasteiger partial charge on any atom is 0.258 e. The van der Waals surface area contributed by atoms with Crippen LogP contribution in [0.25, 0.3) is 10.9 Å². The molecule has 0 spiro atoms. The molecule has 1 aromatic heterocycles. The van der Waals surface area contributed by atoms with Crippen molar-refractivity contribution in [2.45, 2.75) is 0 Å². The summed E-state index contributed by atoms with van der Waals surface area (Å²) in [5, 5.41) is 9.47. The second-order valence-corrected chi connectivity index (χ2v) is 7.84. The summed E-state index contributed by atoms with van der Waals surface area (Å²) < 4.78 is 29.1. The molecule has 0 aliphatic carbocycles. The number of carbonyl (C=O) groups excluding carboxylic acids is 1. The second kappa shape index (κ2) is 9.61. The van der Waals surface area contributed by atoms with Crippen molar-refractivity contribution < 1.29 is 13.6 Å². The molecule has 35 heavy (non-hydrogen) atoms. The third-order valence-electron chi connectivity index (χ3n) is 5.40. The zero-order chi connectivity index (χ0) is 24.2. The van der Waals surface area contributed by atoms with Gasteiger partial charge in [0.1, 0.15) is 5.82 Å². The summed E-state index contributed by atoms with van der Waals surface area (Å²) in [6.45, 7) is 0. The summed E-state index contributed by atoms with van der Waals surface area (Å²) in [6, 6.07) is 27.1. The zero-order valence-corrected chi connectivity index (χ0v) is 18.4.